The number of imidazole rings is 1. The van der Waals surface area contributed by atoms with Crippen LogP contribution in [0.15, 0.2) is 40.9 Å². The fourth-order valence-corrected chi connectivity index (χ4v) is 4.80. The number of aryl methyl sites for hydroxylation is 1. The van der Waals surface area contributed by atoms with Gasteiger partial charge in [0, 0.05) is 50.4 Å². The van der Waals surface area contributed by atoms with Crippen LogP contribution in [0.5, 0.6) is 0 Å². The number of benzene rings is 2. The number of amides is 1. The van der Waals surface area contributed by atoms with E-state index in [0.717, 1.165) is 42.7 Å². The maximum Gasteiger partial charge on any atom is 0.262 e. The Morgan fingerprint density at radius 3 is 2.59 bits per heavy atom. The number of nitrogens with one attached hydrogen (secondary N) is 1. The molecule has 0 saturated carbocycles. The third-order valence-corrected chi connectivity index (χ3v) is 6.69. The van der Waals surface area contributed by atoms with E-state index in [0.29, 0.717) is 16.3 Å². The molecule has 0 atom stereocenters. The summed E-state index contributed by atoms with van der Waals surface area (Å²) in [6.07, 6.45) is 1.79. The minimum absolute atomic E-state index is 0.0477. The smallest absolute Gasteiger partial charge is 0.262 e. The van der Waals surface area contributed by atoms with Crippen molar-refractivity contribution in [1.82, 2.24) is 9.55 Å². The summed E-state index contributed by atoms with van der Waals surface area (Å²) in [5.41, 5.74) is 2.70. The van der Waals surface area contributed by atoms with Gasteiger partial charge in [0.05, 0.1) is 16.6 Å². The lowest BCUT2D eigenvalue weighted by molar-refractivity contribution is -0.141. The maximum atomic E-state index is 14.2. The zero-order chi connectivity index (χ0) is 22.8. The van der Waals surface area contributed by atoms with Crippen LogP contribution in [0.4, 0.5) is 16.0 Å². The molecule has 2 aromatic carbocycles. The number of piperidine rings is 1. The highest BCUT2D eigenvalue weighted by Crippen LogP contribution is 2.30. The van der Waals surface area contributed by atoms with Gasteiger partial charge in [0.25, 0.3) is 5.91 Å². The number of nitrogens with zero attached hydrogens (tertiary/aromatic N) is 3. The number of hydrogen-bond donors (Lipinski definition) is 1. The van der Waals surface area contributed by atoms with Gasteiger partial charge in [0.2, 0.25) is 5.95 Å². The van der Waals surface area contributed by atoms with Crippen molar-refractivity contribution < 1.29 is 18.7 Å². The van der Waals surface area contributed by atoms with Crippen molar-refractivity contribution in [1.29, 1.82) is 0 Å². The monoisotopic (exact) mass is 504 g/mol. The molecule has 1 N–H and O–H groups in total. The summed E-state index contributed by atoms with van der Waals surface area (Å²) in [4.78, 5) is 19.5. The predicted molar refractivity (Wildman–Crippen MR) is 126 cm³/mol. The van der Waals surface area contributed by atoms with Gasteiger partial charge in [-0.1, -0.05) is 6.07 Å². The zero-order valence-corrected chi connectivity index (χ0v) is 19.9. The fraction of sp³-hybridized carbons (Fsp3) is 0.391. The summed E-state index contributed by atoms with van der Waals surface area (Å²) in [5.74, 6) is -0.410. The van der Waals surface area contributed by atoms with Crippen molar-refractivity contribution >= 4 is 44.5 Å². The van der Waals surface area contributed by atoms with Crippen LogP contribution in [0.2, 0.25) is 0 Å². The van der Waals surface area contributed by atoms with E-state index >= 15 is 0 Å². The molecule has 0 aliphatic carbocycles. The highest BCUT2D eigenvalue weighted by Gasteiger charge is 2.27. The van der Waals surface area contributed by atoms with Gasteiger partial charge < -0.3 is 18.9 Å². The number of halogens is 2. The minimum atomic E-state index is -0.592. The Hall–Kier alpha value is -2.49. The van der Waals surface area contributed by atoms with E-state index in [4.69, 9.17) is 9.47 Å². The number of anilines is 2. The quantitative estimate of drug-likeness (QED) is 0.498. The van der Waals surface area contributed by atoms with Crippen LogP contribution < -0.4 is 10.2 Å². The first-order valence-electron chi connectivity index (χ1n) is 10.4. The first-order valence-corrected chi connectivity index (χ1v) is 11.2. The molecule has 170 valence electrons. The summed E-state index contributed by atoms with van der Waals surface area (Å²) in [6, 6.07) is 10.5. The van der Waals surface area contributed by atoms with Crippen LogP contribution in [0.3, 0.4) is 0 Å². The standard InChI is InChI=1S/C23H26BrFN4O3/c1-28-19-13-15(29-11-9-14(10-12-29)22(31-2)32-3)7-8-18(19)26-23(28)27-21(30)20-16(24)5-4-6-17(20)25/h4-8,13-14,22H,9-12H2,1-3H3,(H,26,27,30). The molecule has 0 spiro atoms. The lowest BCUT2D eigenvalue weighted by atomic mass is 9.95. The Morgan fingerprint density at radius 1 is 1.22 bits per heavy atom. The Bertz CT molecular complexity index is 1100. The third kappa shape index (κ3) is 4.37. The lowest BCUT2D eigenvalue weighted by Crippen LogP contribution is -2.39. The topological polar surface area (TPSA) is 68.6 Å². The van der Waals surface area contributed by atoms with Gasteiger partial charge in [-0.05, 0) is 59.1 Å². The molecule has 1 fully saturated rings. The molecule has 9 heteroatoms. The average Bonchev–Trinajstić information content (AvgIpc) is 3.09. The SMILES string of the molecule is COC(OC)C1CCN(c2ccc3nc(NC(=O)c4c(F)cccc4Br)n(C)c3c2)CC1. The normalized spacial score (nSPS) is 15.0. The molecule has 4 rings (SSSR count). The second-order valence-electron chi connectivity index (χ2n) is 7.88. The van der Waals surface area contributed by atoms with E-state index in [1.165, 1.54) is 6.07 Å². The highest BCUT2D eigenvalue weighted by atomic mass is 79.9. The van der Waals surface area contributed by atoms with Gasteiger partial charge in [-0.3, -0.25) is 10.1 Å². The molecule has 7 nitrogen and oxygen atoms in total. The van der Waals surface area contributed by atoms with Crippen molar-refractivity contribution in [2.24, 2.45) is 13.0 Å². The third-order valence-electron chi connectivity index (χ3n) is 6.03. The molecule has 1 amide bonds. The number of ether oxygens (including phenoxy) is 2. The summed E-state index contributed by atoms with van der Waals surface area (Å²) >= 11 is 3.24. The van der Waals surface area contributed by atoms with Crippen LogP contribution in [0, 0.1) is 11.7 Å². The molecule has 2 heterocycles. The van der Waals surface area contributed by atoms with Crippen molar-refractivity contribution in [2.45, 2.75) is 19.1 Å². The summed E-state index contributed by atoms with van der Waals surface area (Å²) in [5, 5.41) is 2.73. The summed E-state index contributed by atoms with van der Waals surface area (Å²) < 4.78 is 27.2. The Morgan fingerprint density at radius 2 is 1.94 bits per heavy atom. The number of carbonyl (C=O) groups is 1. The van der Waals surface area contributed by atoms with Gasteiger partial charge in [0.15, 0.2) is 6.29 Å². The lowest BCUT2D eigenvalue weighted by Gasteiger charge is -2.36. The molecule has 0 bridgehead atoms. The largest absolute Gasteiger partial charge is 0.371 e. The number of carbonyl (C=O) groups excluding carboxylic acids is 1. The Kier molecular flexibility index (Phi) is 6.78. The first kappa shape index (κ1) is 22.7. The van der Waals surface area contributed by atoms with Gasteiger partial charge in [-0.15, -0.1) is 0 Å². The van der Waals surface area contributed by atoms with E-state index in [9.17, 15) is 9.18 Å². The van der Waals surface area contributed by atoms with Gasteiger partial charge in [0.1, 0.15) is 5.82 Å². The number of fused-ring (bicyclic) bond motifs is 1. The number of aromatic nitrogens is 2. The molecule has 0 unspecified atom stereocenters. The summed E-state index contributed by atoms with van der Waals surface area (Å²) in [7, 11) is 5.19. The van der Waals surface area contributed by atoms with Crippen LogP contribution in [-0.2, 0) is 16.5 Å². The number of hydrogen-bond acceptors (Lipinski definition) is 5. The highest BCUT2D eigenvalue weighted by molar-refractivity contribution is 9.10. The second kappa shape index (κ2) is 9.56. The van der Waals surface area contributed by atoms with E-state index < -0.39 is 11.7 Å². The molecule has 0 radical (unpaired) electrons. The Balaban J connectivity index is 1.53. The maximum absolute atomic E-state index is 14.2. The summed E-state index contributed by atoms with van der Waals surface area (Å²) in [6.45, 7) is 1.81. The van der Waals surface area contributed by atoms with Gasteiger partial charge >= 0.3 is 0 Å². The molecule has 1 aliphatic rings. The molecular weight excluding hydrogens is 479 g/mol. The van der Waals surface area contributed by atoms with Gasteiger partial charge in [-0.2, -0.15) is 0 Å². The van der Waals surface area contributed by atoms with E-state index in [-0.39, 0.29) is 11.9 Å². The molecule has 1 aromatic heterocycles. The van der Waals surface area contributed by atoms with Crippen LogP contribution in [0.1, 0.15) is 23.2 Å². The van der Waals surface area contributed by atoms with E-state index in [1.807, 2.05) is 23.7 Å². The molecule has 1 aliphatic heterocycles. The number of rotatable bonds is 6. The van der Waals surface area contributed by atoms with Crippen molar-refractivity contribution in [3.8, 4) is 0 Å². The molecule has 32 heavy (non-hydrogen) atoms. The molecular formula is C23H26BrFN4O3. The van der Waals surface area contributed by atoms with Crippen LogP contribution in [0.25, 0.3) is 11.0 Å². The average molecular weight is 505 g/mol. The Labute approximate surface area is 194 Å². The second-order valence-corrected chi connectivity index (χ2v) is 8.74. The van der Waals surface area contributed by atoms with Crippen molar-refractivity contribution in [2.75, 3.05) is 37.5 Å². The van der Waals surface area contributed by atoms with Crippen molar-refractivity contribution in [3.63, 3.8) is 0 Å². The number of methoxy groups -OCH3 is 2. The minimum Gasteiger partial charge on any atom is -0.371 e. The van der Waals surface area contributed by atoms with E-state index in [1.54, 1.807) is 26.4 Å². The van der Waals surface area contributed by atoms with Gasteiger partial charge in [-0.25, -0.2) is 9.37 Å². The fourth-order valence-electron chi connectivity index (χ4n) is 4.28. The molecule has 3 aromatic rings. The van der Waals surface area contributed by atoms with Crippen LogP contribution in [-0.4, -0.2) is 49.1 Å². The first-order chi connectivity index (χ1) is 15.4. The predicted octanol–water partition coefficient (Wildman–Crippen LogP) is 4.56. The zero-order valence-electron chi connectivity index (χ0n) is 18.3. The van der Waals surface area contributed by atoms with Crippen molar-refractivity contribution in [3.05, 3.63) is 52.3 Å². The molecule has 1 saturated heterocycles. The van der Waals surface area contributed by atoms with Crippen LogP contribution >= 0.6 is 15.9 Å². The van der Waals surface area contributed by atoms with E-state index in [2.05, 4.69) is 37.2 Å².